The highest BCUT2D eigenvalue weighted by molar-refractivity contribution is 5.96. The average molecular weight is 473 g/mol. The maximum Gasteiger partial charge on any atom is 0.326 e. The van der Waals surface area contributed by atoms with Crippen molar-refractivity contribution < 1.29 is 24.2 Å². The molecule has 0 radical (unpaired) electrons. The summed E-state index contributed by atoms with van der Waals surface area (Å²) in [7, 11) is 0. The highest BCUT2D eigenvalue weighted by atomic mass is 16.6. The van der Waals surface area contributed by atoms with Gasteiger partial charge in [0, 0.05) is 19.4 Å². The van der Waals surface area contributed by atoms with E-state index in [2.05, 4.69) is 5.32 Å². The maximum atomic E-state index is 12.3. The Hall–Kier alpha value is -3.52. The molecular formula is C28H28N2O5. The fraction of sp³-hybridized carbons (Fsp3) is 0.286. The van der Waals surface area contributed by atoms with Crippen LogP contribution < -0.4 is 5.32 Å². The predicted molar refractivity (Wildman–Crippen MR) is 129 cm³/mol. The number of aliphatic hydroxyl groups excluding tert-OH is 1. The van der Waals surface area contributed by atoms with Crippen LogP contribution in [0, 0.1) is 0 Å². The summed E-state index contributed by atoms with van der Waals surface area (Å²) < 4.78 is 12.9. The van der Waals surface area contributed by atoms with Gasteiger partial charge in [0.05, 0.1) is 12.7 Å². The Morgan fingerprint density at radius 1 is 0.886 bits per heavy atom. The second-order valence-electron chi connectivity index (χ2n) is 8.82. The van der Waals surface area contributed by atoms with Gasteiger partial charge in [-0.05, 0) is 16.7 Å². The van der Waals surface area contributed by atoms with Crippen LogP contribution in [-0.2, 0) is 19.9 Å². The minimum Gasteiger partial charge on any atom is -0.390 e. The first kappa shape index (κ1) is 23.2. The zero-order valence-corrected chi connectivity index (χ0v) is 19.2. The molecule has 35 heavy (non-hydrogen) atoms. The van der Waals surface area contributed by atoms with E-state index in [0.29, 0.717) is 0 Å². The van der Waals surface area contributed by atoms with Gasteiger partial charge in [0.15, 0.2) is 0 Å². The van der Waals surface area contributed by atoms with Gasteiger partial charge in [-0.2, -0.15) is 0 Å². The van der Waals surface area contributed by atoms with Crippen molar-refractivity contribution >= 4 is 11.9 Å². The van der Waals surface area contributed by atoms with Gasteiger partial charge in [-0.15, -0.1) is 0 Å². The Morgan fingerprint density at radius 3 is 1.89 bits per heavy atom. The Kier molecular flexibility index (Phi) is 6.63. The molecule has 2 fully saturated rings. The predicted octanol–water partition coefficient (Wildman–Crippen LogP) is 3.41. The van der Waals surface area contributed by atoms with Crippen LogP contribution >= 0.6 is 0 Å². The third-order valence-electron chi connectivity index (χ3n) is 6.64. The fourth-order valence-corrected chi connectivity index (χ4v) is 4.89. The molecule has 2 N–H and O–H groups in total. The van der Waals surface area contributed by atoms with Crippen molar-refractivity contribution in [2.45, 2.75) is 36.9 Å². The number of aliphatic hydroxyl groups is 1. The molecule has 2 aliphatic rings. The Labute approximate surface area is 204 Å². The summed E-state index contributed by atoms with van der Waals surface area (Å²) in [6.07, 6.45) is -1.61. The van der Waals surface area contributed by atoms with E-state index in [1.807, 2.05) is 91.0 Å². The second-order valence-corrected chi connectivity index (χ2v) is 8.82. The number of hydrogen-bond acceptors (Lipinski definition) is 5. The summed E-state index contributed by atoms with van der Waals surface area (Å²) >= 11 is 0. The number of imide groups is 1. The van der Waals surface area contributed by atoms with Crippen LogP contribution in [0.25, 0.3) is 0 Å². The van der Waals surface area contributed by atoms with E-state index in [-0.39, 0.29) is 31.9 Å². The Bertz CT molecular complexity index is 1060. The fourth-order valence-electron chi connectivity index (χ4n) is 4.89. The van der Waals surface area contributed by atoms with E-state index >= 15 is 0 Å². The molecule has 0 aromatic heterocycles. The molecule has 3 atom stereocenters. The van der Waals surface area contributed by atoms with Gasteiger partial charge in [0.25, 0.3) is 0 Å². The normalized spacial score (nSPS) is 22.8. The molecule has 0 saturated carbocycles. The van der Waals surface area contributed by atoms with Crippen LogP contribution in [0.5, 0.6) is 0 Å². The number of urea groups is 1. The molecule has 3 amide bonds. The van der Waals surface area contributed by atoms with Crippen molar-refractivity contribution in [1.29, 1.82) is 0 Å². The topological polar surface area (TPSA) is 88.1 Å². The molecule has 180 valence electrons. The summed E-state index contributed by atoms with van der Waals surface area (Å²) in [5, 5.41) is 13.1. The number of nitrogens with zero attached hydrogens (tertiary/aromatic N) is 1. The van der Waals surface area contributed by atoms with Crippen LogP contribution in [0.4, 0.5) is 4.79 Å². The van der Waals surface area contributed by atoms with Gasteiger partial charge < -0.3 is 14.6 Å². The third-order valence-corrected chi connectivity index (χ3v) is 6.64. The van der Waals surface area contributed by atoms with Crippen LogP contribution in [0.1, 0.15) is 29.5 Å². The van der Waals surface area contributed by atoms with Gasteiger partial charge in [0.1, 0.15) is 17.9 Å². The number of hydrogen-bond donors (Lipinski definition) is 2. The first-order valence-electron chi connectivity index (χ1n) is 11.8. The average Bonchev–Trinajstić information content (AvgIpc) is 3.26. The SMILES string of the molecule is O=C1CCN([C@H]2C[C@H](O)[C@@H](COC(c3ccccc3)(c3ccccc3)c3ccccc3)O2)C(=O)N1. The smallest absolute Gasteiger partial charge is 0.326 e. The van der Waals surface area contributed by atoms with Crippen LogP contribution in [0.2, 0.25) is 0 Å². The molecule has 7 nitrogen and oxygen atoms in total. The van der Waals surface area contributed by atoms with Crippen molar-refractivity contribution in [3.8, 4) is 0 Å². The van der Waals surface area contributed by atoms with Crippen LogP contribution in [-0.4, -0.2) is 53.5 Å². The molecule has 0 aliphatic carbocycles. The Morgan fingerprint density at radius 2 is 1.40 bits per heavy atom. The molecule has 5 rings (SSSR count). The van der Waals surface area contributed by atoms with Gasteiger partial charge in [0.2, 0.25) is 5.91 Å². The number of amides is 3. The number of ether oxygens (including phenoxy) is 2. The van der Waals surface area contributed by atoms with Crippen molar-refractivity contribution in [3.63, 3.8) is 0 Å². The van der Waals surface area contributed by atoms with Crippen LogP contribution in [0.15, 0.2) is 91.0 Å². The molecule has 3 aromatic rings. The largest absolute Gasteiger partial charge is 0.390 e. The van der Waals surface area contributed by atoms with Crippen molar-refractivity contribution in [2.24, 2.45) is 0 Å². The lowest BCUT2D eigenvalue weighted by molar-refractivity contribution is -0.125. The van der Waals surface area contributed by atoms with Crippen LogP contribution in [0.3, 0.4) is 0 Å². The monoisotopic (exact) mass is 472 g/mol. The number of nitrogens with one attached hydrogen (secondary N) is 1. The van der Waals surface area contributed by atoms with Gasteiger partial charge >= 0.3 is 6.03 Å². The molecule has 0 bridgehead atoms. The second kappa shape index (κ2) is 10.00. The highest BCUT2D eigenvalue weighted by Gasteiger charge is 2.44. The van der Waals surface area contributed by atoms with Crippen molar-refractivity contribution in [3.05, 3.63) is 108 Å². The van der Waals surface area contributed by atoms with Gasteiger partial charge in [-0.3, -0.25) is 15.0 Å². The highest BCUT2D eigenvalue weighted by Crippen LogP contribution is 2.41. The third kappa shape index (κ3) is 4.58. The van der Waals surface area contributed by atoms with E-state index in [1.165, 1.54) is 4.90 Å². The lowest BCUT2D eigenvalue weighted by atomic mass is 9.80. The van der Waals surface area contributed by atoms with E-state index in [1.54, 1.807) is 0 Å². The van der Waals surface area contributed by atoms with E-state index in [9.17, 15) is 14.7 Å². The molecule has 3 aromatic carbocycles. The van der Waals surface area contributed by atoms with Crippen molar-refractivity contribution in [1.82, 2.24) is 10.2 Å². The van der Waals surface area contributed by atoms with E-state index in [0.717, 1.165) is 16.7 Å². The minimum absolute atomic E-state index is 0.102. The lowest BCUT2D eigenvalue weighted by Gasteiger charge is -2.37. The Balaban J connectivity index is 1.45. The molecule has 2 aliphatic heterocycles. The number of carbonyl (C=O) groups excluding carboxylic acids is 2. The molecule has 7 heteroatoms. The maximum absolute atomic E-state index is 12.3. The zero-order chi connectivity index (χ0) is 24.3. The number of rotatable bonds is 7. The molecule has 0 unspecified atom stereocenters. The first-order valence-corrected chi connectivity index (χ1v) is 11.8. The molecule has 2 heterocycles. The molecular weight excluding hydrogens is 444 g/mol. The van der Waals surface area contributed by atoms with E-state index in [4.69, 9.17) is 9.47 Å². The summed E-state index contributed by atoms with van der Waals surface area (Å²) in [5.41, 5.74) is 1.93. The van der Waals surface area contributed by atoms with E-state index < -0.39 is 30.1 Å². The number of carbonyl (C=O) groups is 2. The first-order chi connectivity index (χ1) is 17.1. The minimum atomic E-state index is -0.931. The zero-order valence-electron chi connectivity index (χ0n) is 19.2. The van der Waals surface area contributed by atoms with Crippen molar-refractivity contribution in [2.75, 3.05) is 13.2 Å². The van der Waals surface area contributed by atoms with Gasteiger partial charge in [-0.1, -0.05) is 91.0 Å². The summed E-state index contributed by atoms with van der Waals surface area (Å²) in [5.74, 6) is -0.303. The molecule has 0 spiro atoms. The summed E-state index contributed by atoms with van der Waals surface area (Å²) in [4.78, 5) is 25.3. The standard InChI is InChI=1S/C28H28N2O5/c31-23-18-26(30-17-16-25(32)29-27(30)33)35-24(23)19-34-28(20-10-4-1-5-11-20,21-12-6-2-7-13-21)22-14-8-3-9-15-22/h1-15,23-24,26,31H,16-19H2,(H,29,32,33)/t23-,24+,26+/m0/s1. The summed E-state index contributed by atoms with van der Waals surface area (Å²) in [6.45, 7) is 0.363. The lowest BCUT2D eigenvalue weighted by Crippen LogP contribution is -2.53. The number of benzene rings is 3. The van der Waals surface area contributed by atoms with Gasteiger partial charge in [-0.25, -0.2) is 4.79 Å². The molecule has 2 saturated heterocycles. The quantitative estimate of drug-likeness (QED) is 0.515. The summed E-state index contributed by atoms with van der Waals surface area (Å²) in [6, 6.07) is 29.5.